The zero-order valence-corrected chi connectivity index (χ0v) is 11.4. The number of carbonyl (C=O) groups excluding carboxylic acids is 2. The smallest absolute Gasteiger partial charge is 0.307 e. The summed E-state index contributed by atoms with van der Waals surface area (Å²) in [5.74, 6) is -3.17. The Morgan fingerprint density at radius 1 is 1.05 bits per heavy atom. The van der Waals surface area contributed by atoms with Crippen molar-refractivity contribution in [1.82, 2.24) is 15.8 Å². The Bertz CT molecular complexity index is 532. The minimum atomic E-state index is -0.963. The fourth-order valence-corrected chi connectivity index (χ4v) is 2.53. The largest absolute Gasteiger partial charge is 0.481 e. The number of carboxylic acid groups (broad SMARTS) is 1. The summed E-state index contributed by atoms with van der Waals surface area (Å²) in [6.45, 7) is 0. The lowest BCUT2D eigenvalue weighted by Crippen LogP contribution is -2.47. The third-order valence-corrected chi connectivity index (χ3v) is 3.66. The van der Waals surface area contributed by atoms with Gasteiger partial charge in [0.05, 0.1) is 11.8 Å². The van der Waals surface area contributed by atoms with Gasteiger partial charge in [0.25, 0.3) is 5.91 Å². The van der Waals surface area contributed by atoms with Gasteiger partial charge in [-0.1, -0.05) is 12.8 Å². The first-order valence-corrected chi connectivity index (χ1v) is 6.82. The summed E-state index contributed by atoms with van der Waals surface area (Å²) in [5.41, 5.74) is 4.97. The van der Waals surface area contributed by atoms with E-state index in [1.807, 2.05) is 0 Å². The van der Waals surface area contributed by atoms with Crippen LogP contribution in [-0.4, -0.2) is 27.9 Å². The highest BCUT2D eigenvalue weighted by Gasteiger charge is 2.35. The highest BCUT2D eigenvalue weighted by molar-refractivity contribution is 5.95. The molecule has 112 valence electrons. The van der Waals surface area contributed by atoms with Gasteiger partial charge in [-0.05, 0) is 25.0 Å². The molecule has 1 fully saturated rings. The van der Waals surface area contributed by atoms with Crippen molar-refractivity contribution >= 4 is 17.8 Å². The predicted molar refractivity (Wildman–Crippen MR) is 72.9 cm³/mol. The van der Waals surface area contributed by atoms with E-state index >= 15 is 0 Å². The standard InChI is InChI=1S/C14H17N3O4/c18-12(9-5-7-15-8-6-9)16-17-13(19)10-3-1-2-4-11(10)14(20)21/h5-8,10-11H,1-4H2,(H,16,18)(H,17,19)(H,20,21)/t10-,11+/m0/s1. The maximum atomic E-state index is 12.0. The Labute approximate surface area is 121 Å². The lowest BCUT2D eigenvalue weighted by molar-refractivity contribution is -0.149. The third kappa shape index (κ3) is 3.77. The molecule has 0 spiro atoms. The topological polar surface area (TPSA) is 108 Å². The Hall–Kier alpha value is -2.44. The lowest BCUT2D eigenvalue weighted by Gasteiger charge is -2.27. The maximum Gasteiger partial charge on any atom is 0.307 e. The van der Waals surface area contributed by atoms with Crippen molar-refractivity contribution in [2.45, 2.75) is 25.7 Å². The first-order valence-electron chi connectivity index (χ1n) is 6.82. The van der Waals surface area contributed by atoms with Crippen LogP contribution < -0.4 is 10.9 Å². The van der Waals surface area contributed by atoms with E-state index < -0.39 is 29.6 Å². The lowest BCUT2D eigenvalue weighted by atomic mass is 9.79. The molecule has 0 unspecified atom stereocenters. The van der Waals surface area contributed by atoms with E-state index in [0.717, 1.165) is 12.8 Å². The summed E-state index contributed by atoms with van der Waals surface area (Å²) in [4.78, 5) is 38.8. The Kier molecular flexibility index (Phi) is 4.86. The summed E-state index contributed by atoms with van der Waals surface area (Å²) < 4.78 is 0. The molecule has 3 N–H and O–H groups in total. The van der Waals surface area contributed by atoms with Crippen molar-refractivity contribution in [3.63, 3.8) is 0 Å². The fraction of sp³-hybridized carbons (Fsp3) is 0.429. The number of aliphatic carboxylic acids is 1. The number of carboxylic acids is 1. The number of amides is 2. The number of carbonyl (C=O) groups is 3. The van der Waals surface area contributed by atoms with E-state index in [9.17, 15) is 14.4 Å². The van der Waals surface area contributed by atoms with Crippen molar-refractivity contribution < 1.29 is 19.5 Å². The van der Waals surface area contributed by atoms with Crippen LogP contribution in [0.3, 0.4) is 0 Å². The molecule has 2 atom stereocenters. The van der Waals surface area contributed by atoms with Gasteiger partial charge in [-0.2, -0.15) is 0 Å². The van der Waals surface area contributed by atoms with Gasteiger partial charge in [-0.3, -0.25) is 30.2 Å². The minimum absolute atomic E-state index is 0.365. The molecule has 0 aliphatic heterocycles. The van der Waals surface area contributed by atoms with E-state index in [4.69, 9.17) is 5.11 Å². The summed E-state index contributed by atoms with van der Waals surface area (Å²) in [5, 5.41) is 9.14. The number of pyridine rings is 1. The van der Waals surface area contributed by atoms with Crippen LogP contribution in [0.5, 0.6) is 0 Å². The number of nitrogens with zero attached hydrogens (tertiary/aromatic N) is 1. The van der Waals surface area contributed by atoms with Crippen LogP contribution in [0.2, 0.25) is 0 Å². The number of aromatic nitrogens is 1. The predicted octanol–water partition coefficient (Wildman–Crippen LogP) is 0.734. The second-order valence-corrected chi connectivity index (χ2v) is 5.01. The molecule has 2 amide bonds. The van der Waals surface area contributed by atoms with Crippen LogP contribution in [0.15, 0.2) is 24.5 Å². The second kappa shape index (κ2) is 6.83. The van der Waals surface area contributed by atoms with E-state index in [2.05, 4.69) is 15.8 Å². The number of hydrogen-bond donors (Lipinski definition) is 3. The van der Waals surface area contributed by atoms with Crippen LogP contribution in [0, 0.1) is 11.8 Å². The summed E-state index contributed by atoms with van der Waals surface area (Å²) in [6, 6.07) is 3.03. The molecular formula is C14H17N3O4. The molecule has 2 rings (SSSR count). The van der Waals surface area contributed by atoms with Crippen LogP contribution in [0.25, 0.3) is 0 Å². The van der Waals surface area contributed by atoms with Crippen molar-refractivity contribution in [2.75, 3.05) is 0 Å². The summed E-state index contributed by atoms with van der Waals surface area (Å²) in [7, 11) is 0. The third-order valence-electron chi connectivity index (χ3n) is 3.66. The van der Waals surface area contributed by atoms with Gasteiger partial charge < -0.3 is 5.11 Å². The van der Waals surface area contributed by atoms with Crippen LogP contribution >= 0.6 is 0 Å². The average molecular weight is 291 g/mol. The SMILES string of the molecule is O=C(NNC(=O)[C@H]1CCCC[C@H]1C(=O)O)c1ccncc1. The van der Waals surface area contributed by atoms with Crippen molar-refractivity contribution in [3.8, 4) is 0 Å². The minimum Gasteiger partial charge on any atom is -0.481 e. The van der Waals surface area contributed by atoms with Crippen LogP contribution in [0.1, 0.15) is 36.0 Å². The highest BCUT2D eigenvalue weighted by atomic mass is 16.4. The van der Waals surface area contributed by atoms with E-state index in [0.29, 0.717) is 18.4 Å². The van der Waals surface area contributed by atoms with Gasteiger partial charge in [-0.25, -0.2) is 0 Å². The van der Waals surface area contributed by atoms with E-state index in [1.165, 1.54) is 24.5 Å². The highest BCUT2D eigenvalue weighted by Crippen LogP contribution is 2.30. The molecule has 7 heteroatoms. The Morgan fingerprint density at radius 2 is 1.67 bits per heavy atom. The number of hydrazine groups is 1. The normalized spacial score (nSPS) is 21.3. The van der Waals surface area contributed by atoms with Crippen LogP contribution in [-0.2, 0) is 9.59 Å². The molecule has 1 aliphatic carbocycles. The second-order valence-electron chi connectivity index (χ2n) is 5.01. The average Bonchev–Trinajstić information content (AvgIpc) is 2.53. The molecule has 0 aromatic carbocycles. The molecule has 1 aromatic rings. The van der Waals surface area contributed by atoms with Crippen molar-refractivity contribution in [3.05, 3.63) is 30.1 Å². The van der Waals surface area contributed by atoms with Crippen molar-refractivity contribution in [1.29, 1.82) is 0 Å². The molecule has 0 bridgehead atoms. The van der Waals surface area contributed by atoms with Gasteiger partial charge in [0.1, 0.15) is 0 Å². The van der Waals surface area contributed by atoms with Crippen LogP contribution in [0.4, 0.5) is 0 Å². The van der Waals surface area contributed by atoms with E-state index in [1.54, 1.807) is 0 Å². The molecule has 1 aromatic heterocycles. The van der Waals surface area contributed by atoms with Gasteiger partial charge in [0.15, 0.2) is 0 Å². The number of nitrogens with one attached hydrogen (secondary N) is 2. The molecule has 7 nitrogen and oxygen atoms in total. The summed E-state index contributed by atoms with van der Waals surface area (Å²) in [6.07, 6.45) is 5.58. The van der Waals surface area contributed by atoms with Gasteiger partial charge in [0.2, 0.25) is 5.91 Å². The fourth-order valence-electron chi connectivity index (χ4n) is 2.53. The van der Waals surface area contributed by atoms with Gasteiger partial charge in [-0.15, -0.1) is 0 Å². The Morgan fingerprint density at radius 3 is 2.29 bits per heavy atom. The van der Waals surface area contributed by atoms with Gasteiger partial charge in [0, 0.05) is 18.0 Å². The molecule has 1 aliphatic rings. The first-order chi connectivity index (χ1) is 10.1. The maximum absolute atomic E-state index is 12.0. The van der Waals surface area contributed by atoms with Crippen molar-refractivity contribution in [2.24, 2.45) is 11.8 Å². The molecular weight excluding hydrogens is 274 g/mol. The first kappa shape index (κ1) is 15.0. The monoisotopic (exact) mass is 291 g/mol. The quantitative estimate of drug-likeness (QED) is 0.712. The molecule has 1 saturated carbocycles. The molecule has 21 heavy (non-hydrogen) atoms. The summed E-state index contributed by atoms with van der Waals surface area (Å²) >= 11 is 0. The number of hydrogen-bond acceptors (Lipinski definition) is 4. The molecule has 0 radical (unpaired) electrons. The van der Waals surface area contributed by atoms with Gasteiger partial charge >= 0.3 is 5.97 Å². The number of rotatable bonds is 3. The zero-order chi connectivity index (χ0) is 15.2. The Balaban J connectivity index is 1.92. The van der Waals surface area contributed by atoms with E-state index in [-0.39, 0.29) is 0 Å². The molecule has 1 heterocycles. The molecule has 0 saturated heterocycles. The zero-order valence-electron chi connectivity index (χ0n) is 11.4.